The van der Waals surface area contributed by atoms with E-state index in [0.29, 0.717) is 10.7 Å². The summed E-state index contributed by atoms with van der Waals surface area (Å²) in [5, 5.41) is 3.37. The number of nitrogens with one attached hydrogen (secondary N) is 1. The summed E-state index contributed by atoms with van der Waals surface area (Å²) in [6.45, 7) is 11.5. The van der Waals surface area contributed by atoms with Gasteiger partial charge in [0.15, 0.2) is 5.13 Å². The van der Waals surface area contributed by atoms with Crippen molar-refractivity contribution in [2.45, 2.75) is 47.1 Å². The molecule has 0 aliphatic rings. The third-order valence-corrected chi connectivity index (χ3v) is 5.00. The second-order valence-electron chi connectivity index (χ2n) is 7.09. The third kappa shape index (κ3) is 4.66. The number of carbonyl (C=O) groups excluding carboxylic acids is 2. The average molecular weight is 359 g/mol. The zero-order valence-corrected chi connectivity index (χ0v) is 16.5. The van der Waals surface area contributed by atoms with Gasteiger partial charge in [0.1, 0.15) is 6.54 Å². The zero-order valence-electron chi connectivity index (χ0n) is 15.6. The Bertz CT molecular complexity index is 771. The van der Waals surface area contributed by atoms with Crippen molar-refractivity contribution in [3.8, 4) is 0 Å². The van der Waals surface area contributed by atoms with E-state index in [1.54, 1.807) is 11.0 Å². The van der Waals surface area contributed by atoms with E-state index in [9.17, 15) is 9.59 Å². The van der Waals surface area contributed by atoms with Gasteiger partial charge in [-0.2, -0.15) is 0 Å². The second kappa shape index (κ2) is 7.35. The molecule has 5 nitrogen and oxygen atoms in total. The Labute approximate surface area is 153 Å². The summed E-state index contributed by atoms with van der Waals surface area (Å²) in [5.74, 6) is -0.391. The van der Waals surface area contributed by atoms with E-state index in [0.717, 1.165) is 16.1 Å². The molecule has 2 aromatic rings. The van der Waals surface area contributed by atoms with Gasteiger partial charge in [-0.1, -0.05) is 18.2 Å². The molecule has 0 saturated carbocycles. The van der Waals surface area contributed by atoms with Crippen LogP contribution in [-0.2, 0) is 4.79 Å². The highest BCUT2D eigenvalue weighted by Crippen LogP contribution is 2.22. The maximum atomic E-state index is 13.0. The van der Waals surface area contributed by atoms with Crippen LogP contribution in [0.4, 0.5) is 5.13 Å². The molecule has 1 N–H and O–H groups in total. The molecular weight excluding hydrogens is 334 g/mol. The second-order valence-corrected chi connectivity index (χ2v) is 8.29. The Hall–Kier alpha value is -2.21. The SMILES string of the molecule is Cc1ccccc1C(=O)N(CC(=O)Nc1nc(C)c(C)s1)C(C)(C)C. The highest BCUT2D eigenvalue weighted by Gasteiger charge is 2.30. The van der Waals surface area contributed by atoms with Crippen LogP contribution in [0.15, 0.2) is 24.3 Å². The molecule has 134 valence electrons. The fourth-order valence-electron chi connectivity index (χ4n) is 2.40. The van der Waals surface area contributed by atoms with Gasteiger partial charge < -0.3 is 10.2 Å². The van der Waals surface area contributed by atoms with Crippen LogP contribution in [0.2, 0.25) is 0 Å². The number of hydrogen-bond donors (Lipinski definition) is 1. The summed E-state index contributed by atoms with van der Waals surface area (Å²) < 4.78 is 0. The number of hydrogen-bond acceptors (Lipinski definition) is 4. The summed E-state index contributed by atoms with van der Waals surface area (Å²) in [6, 6.07) is 7.42. The Balaban J connectivity index is 2.19. The number of nitrogens with zero attached hydrogens (tertiary/aromatic N) is 2. The molecule has 0 aliphatic carbocycles. The van der Waals surface area contributed by atoms with Crippen LogP contribution in [0.25, 0.3) is 0 Å². The van der Waals surface area contributed by atoms with Crippen molar-refractivity contribution in [3.05, 3.63) is 46.0 Å². The van der Waals surface area contributed by atoms with E-state index < -0.39 is 5.54 Å². The molecule has 0 fully saturated rings. The number of anilines is 1. The minimum atomic E-state index is -0.481. The van der Waals surface area contributed by atoms with E-state index in [4.69, 9.17) is 0 Å². The van der Waals surface area contributed by atoms with Crippen molar-refractivity contribution >= 4 is 28.3 Å². The van der Waals surface area contributed by atoms with Gasteiger partial charge >= 0.3 is 0 Å². The molecule has 25 heavy (non-hydrogen) atoms. The summed E-state index contributed by atoms with van der Waals surface area (Å²) >= 11 is 1.44. The first kappa shape index (κ1) is 19.1. The minimum Gasteiger partial charge on any atom is -0.324 e. The Morgan fingerprint density at radius 2 is 1.80 bits per heavy atom. The van der Waals surface area contributed by atoms with E-state index in [2.05, 4.69) is 10.3 Å². The molecule has 1 heterocycles. The number of carbonyl (C=O) groups is 2. The van der Waals surface area contributed by atoms with Crippen LogP contribution in [-0.4, -0.2) is 33.8 Å². The fraction of sp³-hybridized carbons (Fsp3) is 0.421. The lowest BCUT2D eigenvalue weighted by molar-refractivity contribution is -0.117. The third-order valence-electron chi connectivity index (χ3n) is 4.01. The Morgan fingerprint density at radius 3 is 2.32 bits per heavy atom. The number of rotatable bonds is 4. The van der Waals surface area contributed by atoms with Gasteiger partial charge in [0.2, 0.25) is 5.91 Å². The summed E-state index contributed by atoms with van der Waals surface area (Å²) in [6.07, 6.45) is 0. The van der Waals surface area contributed by atoms with Crippen LogP contribution < -0.4 is 5.32 Å². The lowest BCUT2D eigenvalue weighted by atomic mass is 10.0. The van der Waals surface area contributed by atoms with E-state index in [1.165, 1.54) is 11.3 Å². The Morgan fingerprint density at radius 1 is 1.16 bits per heavy atom. The van der Waals surface area contributed by atoms with Crippen molar-refractivity contribution in [2.75, 3.05) is 11.9 Å². The lowest BCUT2D eigenvalue weighted by Crippen LogP contribution is -2.49. The molecule has 0 spiro atoms. The first-order chi connectivity index (χ1) is 11.6. The smallest absolute Gasteiger partial charge is 0.255 e. The summed E-state index contributed by atoms with van der Waals surface area (Å²) in [5.41, 5.74) is 1.94. The average Bonchev–Trinajstić information content (AvgIpc) is 2.81. The molecule has 1 aromatic heterocycles. The zero-order chi connectivity index (χ0) is 18.8. The molecule has 1 aromatic carbocycles. The minimum absolute atomic E-state index is 0.0195. The van der Waals surface area contributed by atoms with Gasteiger partial charge in [-0.3, -0.25) is 9.59 Å². The van der Waals surface area contributed by atoms with Gasteiger partial charge in [-0.15, -0.1) is 11.3 Å². The molecule has 0 unspecified atom stereocenters. The molecule has 0 atom stereocenters. The predicted molar refractivity (Wildman–Crippen MR) is 102 cm³/mol. The normalized spacial score (nSPS) is 11.3. The quantitative estimate of drug-likeness (QED) is 0.899. The number of aromatic nitrogens is 1. The summed E-state index contributed by atoms with van der Waals surface area (Å²) in [4.78, 5) is 32.4. The lowest BCUT2D eigenvalue weighted by Gasteiger charge is -2.35. The van der Waals surface area contributed by atoms with E-state index in [-0.39, 0.29) is 18.4 Å². The first-order valence-electron chi connectivity index (χ1n) is 8.21. The summed E-state index contributed by atoms with van der Waals surface area (Å²) in [7, 11) is 0. The number of aryl methyl sites for hydroxylation is 3. The van der Waals surface area contributed by atoms with Crippen molar-refractivity contribution in [3.63, 3.8) is 0 Å². The predicted octanol–water partition coefficient (Wildman–Crippen LogP) is 3.95. The number of thiazole rings is 1. The van der Waals surface area contributed by atoms with Crippen molar-refractivity contribution in [2.24, 2.45) is 0 Å². The van der Waals surface area contributed by atoms with Crippen LogP contribution in [0, 0.1) is 20.8 Å². The number of benzene rings is 1. The maximum absolute atomic E-state index is 13.0. The van der Waals surface area contributed by atoms with Gasteiger partial charge in [-0.05, 0) is 53.2 Å². The van der Waals surface area contributed by atoms with Crippen LogP contribution in [0.5, 0.6) is 0 Å². The largest absolute Gasteiger partial charge is 0.324 e. The standard InChI is InChI=1S/C19H25N3O2S/c1-12-9-7-8-10-15(12)17(24)22(19(4,5)6)11-16(23)21-18-20-13(2)14(3)25-18/h7-10H,11H2,1-6H3,(H,20,21,23). The highest BCUT2D eigenvalue weighted by atomic mass is 32.1. The monoisotopic (exact) mass is 359 g/mol. The van der Waals surface area contributed by atoms with Crippen molar-refractivity contribution in [1.29, 1.82) is 0 Å². The van der Waals surface area contributed by atoms with Crippen LogP contribution >= 0.6 is 11.3 Å². The molecule has 6 heteroatoms. The molecule has 2 rings (SSSR count). The molecule has 2 amide bonds. The maximum Gasteiger partial charge on any atom is 0.255 e. The van der Waals surface area contributed by atoms with Gasteiger partial charge in [0.25, 0.3) is 5.91 Å². The van der Waals surface area contributed by atoms with Crippen molar-refractivity contribution < 1.29 is 9.59 Å². The van der Waals surface area contributed by atoms with Gasteiger partial charge in [-0.25, -0.2) is 4.98 Å². The van der Waals surface area contributed by atoms with Crippen LogP contribution in [0.1, 0.15) is 47.3 Å². The van der Waals surface area contributed by atoms with Gasteiger partial charge in [0.05, 0.1) is 5.69 Å². The van der Waals surface area contributed by atoms with Crippen LogP contribution in [0.3, 0.4) is 0 Å². The molecule has 0 saturated heterocycles. The van der Waals surface area contributed by atoms with E-state index in [1.807, 2.05) is 59.7 Å². The fourth-order valence-corrected chi connectivity index (χ4v) is 3.23. The van der Waals surface area contributed by atoms with E-state index >= 15 is 0 Å². The molecule has 0 bridgehead atoms. The Kier molecular flexibility index (Phi) is 5.62. The topological polar surface area (TPSA) is 62.3 Å². The number of amides is 2. The van der Waals surface area contributed by atoms with Gasteiger partial charge in [0, 0.05) is 16.0 Å². The van der Waals surface area contributed by atoms with Crippen molar-refractivity contribution in [1.82, 2.24) is 9.88 Å². The molecular formula is C19H25N3O2S. The molecule has 0 aliphatic heterocycles. The highest BCUT2D eigenvalue weighted by molar-refractivity contribution is 7.15. The molecule has 0 radical (unpaired) electrons. The first-order valence-corrected chi connectivity index (χ1v) is 9.02.